The first-order valence-electron chi connectivity index (χ1n) is 7.13. The second-order valence-electron chi connectivity index (χ2n) is 5.40. The molecule has 7 nitrogen and oxygen atoms in total. The molecule has 1 heterocycles. The van der Waals surface area contributed by atoms with Crippen LogP contribution in [0.2, 0.25) is 0 Å². The van der Waals surface area contributed by atoms with Gasteiger partial charge in [-0.15, -0.1) is 0 Å². The monoisotopic (exact) mass is 423 g/mol. The maximum atomic E-state index is 12.1. The maximum absolute atomic E-state index is 12.1. The maximum Gasteiger partial charge on any atom is 0.326 e. The molecule has 3 aromatic rings. The Hall–Kier alpha value is -2.36. The number of fused-ring (bicyclic) bond motifs is 1. The first kappa shape index (κ1) is 17.5. The predicted molar refractivity (Wildman–Crippen MR) is 99.1 cm³/mol. The van der Waals surface area contributed by atoms with Gasteiger partial charge in [0.15, 0.2) is 0 Å². The van der Waals surface area contributed by atoms with E-state index in [9.17, 15) is 13.2 Å². The van der Waals surface area contributed by atoms with Gasteiger partial charge in [-0.05, 0) is 42.8 Å². The third-order valence-corrected chi connectivity index (χ3v) is 5.01. The summed E-state index contributed by atoms with van der Waals surface area (Å²) in [6.45, 7) is 1.62. The van der Waals surface area contributed by atoms with Crippen LogP contribution in [0.5, 0.6) is 0 Å². The second-order valence-corrected chi connectivity index (χ2v) is 7.84. The van der Waals surface area contributed by atoms with Crippen LogP contribution in [0.15, 0.2) is 56.2 Å². The lowest BCUT2D eigenvalue weighted by molar-refractivity contribution is 0.261. The van der Waals surface area contributed by atoms with Gasteiger partial charge in [0.2, 0.25) is 15.9 Å². The Morgan fingerprint density at radius 1 is 1.12 bits per heavy atom. The van der Waals surface area contributed by atoms with Gasteiger partial charge in [-0.2, -0.15) is 0 Å². The van der Waals surface area contributed by atoms with Gasteiger partial charge in [-0.1, -0.05) is 22.0 Å². The third kappa shape index (κ3) is 4.01. The first-order chi connectivity index (χ1) is 11.7. The summed E-state index contributed by atoms with van der Waals surface area (Å²) >= 11 is 3.36. The van der Waals surface area contributed by atoms with E-state index in [2.05, 4.69) is 26.6 Å². The molecule has 0 saturated carbocycles. The highest BCUT2D eigenvalue weighted by molar-refractivity contribution is 9.10. The molecule has 4 N–H and O–H groups in total. The highest BCUT2D eigenvalue weighted by Gasteiger charge is 2.14. The number of urea groups is 1. The van der Waals surface area contributed by atoms with Crippen LogP contribution in [-0.4, -0.2) is 14.4 Å². The lowest BCUT2D eigenvalue weighted by atomic mass is 10.2. The van der Waals surface area contributed by atoms with Gasteiger partial charge in [-0.25, -0.2) is 18.4 Å². The molecule has 0 unspecified atom stereocenters. The Labute approximate surface area is 152 Å². The number of furan rings is 1. The molecule has 3 rings (SSSR count). The number of sulfonamides is 1. The molecule has 0 fully saturated rings. The summed E-state index contributed by atoms with van der Waals surface area (Å²) in [7, 11) is -3.87. The predicted octanol–water partition coefficient (Wildman–Crippen LogP) is 3.80. The molecule has 9 heteroatoms. The van der Waals surface area contributed by atoms with Crippen LogP contribution in [0, 0.1) is 6.92 Å². The van der Waals surface area contributed by atoms with Gasteiger partial charge in [0.25, 0.3) is 0 Å². The van der Waals surface area contributed by atoms with Crippen LogP contribution in [0.1, 0.15) is 5.56 Å². The zero-order valence-corrected chi connectivity index (χ0v) is 15.4. The topological polar surface area (TPSA) is 114 Å². The number of aryl methyl sites for hydroxylation is 1. The van der Waals surface area contributed by atoms with Crippen molar-refractivity contribution < 1.29 is 17.6 Å². The quantitative estimate of drug-likeness (QED) is 0.593. The van der Waals surface area contributed by atoms with E-state index in [-0.39, 0.29) is 10.8 Å². The third-order valence-electron chi connectivity index (χ3n) is 3.47. The summed E-state index contributed by atoms with van der Waals surface area (Å²) in [5.74, 6) is 0.268. The molecule has 0 aliphatic heterocycles. The van der Waals surface area contributed by atoms with Crippen molar-refractivity contribution in [2.75, 3.05) is 10.6 Å². The number of halogens is 1. The fourth-order valence-electron chi connectivity index (χ4n) is 2.33. The molecule has 0 spiro atoms. The molecule has 0 saturated heterocycles. The number of hydrogen-bond donors (Lipinski definition) is 3. The number of carbonyl (C=O) groups excluding carboxylic acids is 1. The van der Waals surface area contributed by atoms with Gasteiger partial charge < -0.3 is 9.73 Å². The Morgan fingerprint density at radius 2 is 1.88 bits per heavy atom. The molecule has 0 aliphatic carbocycles. The second kappa shape index (κ2) is 6.51. The van der Waals surface area contributed by atoms with Crippen molar-refractivity contribution in [2.24, 2.45) is 5.14 Å². The van der Waals surface area contributed by atoms with E-state index in [1.54, 1.807) is 31.2 Å². The number of hydrogen-bond acceptors (Lipinski definition) is 4. The summed E-state index contributed by atoms with van der Waals surface area (Å²) < 4.78 is 29.5. The Kier molecular flexibility index (Phi) is 4.55. The van der Waals surface area contributed by atoms with Crippen LogP contribution in [0.25, 0.3) is 11.0 Å². The molecular formula is C16H14BrN3O4S. The van der Waals surface area contributed by atoms with Crippen LogP contribution < -0.4 is 15.8 Å². The van der Waals surface area contributed by atoms with E-state index < -0.39 is 16.1 Å². The number of rotatable bonds is 3. The molecule has 0 aliphatic rings. The molecule has 25 heavy (non-hydrogen) atoms. The standard InChI is InChI=1S/C16H14BrN3O4S/c1-9-2-4-12(8-14(9)25(18,22)23)19-16(21)20-15-7-10-6-11(17)3-5-13(10)24-15/h2-8H,1H3,(H2,18,22,23)(H2,19,20,21). The Bertz CT molecular complexity index is 1080. The molecule has 1 aromatic heterocycles. The van der Waals surface area contributed by atoms with Crippen LogP contribution in [0.3, 0.4) is 0 Å². The summed E-state index contributed by atoms with van der Waals surface area (Å²) in [6, 6.07) is 11.0. The molecule has 0 atom stereocenters. The van der Waals surface area contributed by atoms with Crippen molar-refractivity contribution in [1.82, 2.24) is 0 Å². The zero-order chi connectivity index (χ0) is 18.2. The van der Waals surface area contributed by atoms with Gasteiger partial charge in [0.1, 0.15) is 5.58 Å². The molecule has 0 radical (unpaired) electrons. The van der Waals surface area contributed by atoms with Crippen LogP contribution in [0.4, 0.5) is 16.4 Å². The number of amides is 2. The van der Waals surface area contributed by atoms with E-state index in [0.29, 0.717) is 16.8 Å². The average Bonchev–Trinajstić information content (AvgIpc) is 2.89. The van der Waals surface area contributed by atoms with Gasteiger partial charge in [-0.3, -0.25) is 5.32 Å². The number of primary sulfonamides is 1. The molecule has 130 valence electrons. The number of anilines is 2. The van der Waals surface area contributed by atoms with E-state index in [1.165, 1.54) is 6.07 Å². The molecule has 2 aromatic carbocycles. The normalized spacial score (nSPS) is 11.5. The van der Waals surface area contributed by atoms with E-state index in [0.717, 1.165) is 9.86 Å². The first-order valence-corrected chi connectivity index (χ1v) is 9.47. The van der Waals surface area contributed by atoms with Crippen molar-refractivity contribution in [2.45, 2.75) is 11.8 Å². The van der Waals surface area contributed by atoms with Gasteiger partial charge >= 0.3 is 6.03 Å². The Balaban J connectivity index is 1.78. The number of benzene rings is 2. The van der Waals surface area contributed by atoms with Gasteiger partial charge in [0, 0.05) is 21.6 Å². The van der Waals surface area contributed by atoms with Crippen molar-refractivity contribution in [3.8, 4) is 0 Å². The molecule has 0 bridgehead atoms. The number of carbonyl (C=O) groups is 1. The smallest absolute Gasteiger partial charge is 0.326 e. The fraction of sp³-hybridized carbons (Fsp3) is 0.0625. The SMILES string of the molecule is Cc1ccc(NC(=O)Nc2cc3cc(Br)ccc3o2)cc1S(N)(=O)=O. The largest absolute Gasteiger partial charge is 0.440 e. The van der Waals surface area contributed by atoms with Crippen molar-refractivity contribution >= 4 is 54.5 Å². The zero-order valence-electron chi connectivity index (χ0n) is 13.0. The van der Waals surface area contributed by atoms with Crippen LogP contribution in [-0.2, 0) is 10.0 Å². The fourth-order valence-corrected chi connectivity index (χ4v) is 3.52. The number of nitrogens with one attached hydrogen (secondary N) is 2. The van der Waals surface area contributed by atoms with Crippen molar-refractivity contribution in [3.63, 3.8) is 0 Å². The molecular weight excluding hydrogens is 410 g/mol. The lowest BCUT2D eigenvalue weighted by Crippen LogP contribution is -2.20. The lowest BCUT2D eigenvalue weighted by Gasteiger charge is -2.09. The summed E-state index contributed by atoms with van der Waals surface area (Å²) in [6.07, 6.45) is 0. The number of nitrogens with two attached hydrogens (primary N) is 1. The minimum absolute atomic E-state index is 0.0427. The average molecular weight is 424 g/mol. The van der Waals surface area contributed by atoms with Crippen molar-refractivity contribution in [1.29, 1.82) is 0 Å². The van der Waals surface area contributed by atoms with E-state index >= 15 is 0 Å². The minimum Gasteiger partial charge on any atom is -0.440 e. The van der Waals surface area contributed by atoms with Crippen molar-refractivity contribution in [3.05, 3.63) is 52.5 Å². The molecule has 2 amide bonds. The summed E-state index contributed by atoms with van der Waals surface area (Å²) in [4.78, 5) is 12.1. The summed E-state index contributed by atoms with van der Waals surface area (Å²) in [5.41, 5.74) is 1.42. The van der Waals surface area contributed by atoms with Crippen LogP contribution >= 0.6 is 15.9 Å². The summed E-state index contributed by atoms with van der Waals surface area (Å²) in [5, 5.41) is 11.1. The minimum atomic E-state index is -3.87. The highest BCUT2D eigenvalue weighted by atomic mass is 79.9. The highest BCUT2D eigenvalue weighted by Crippen LogP contribution is 2.26. The van der Waals surface area contributed by atoms with E-state index in [4.69, 9.17) is 9.56 Å². The Morgan fingerprint density at radius 3 is 2.60 bits per heavy atom. The van der Waals surface area contributed by atoms with Gasteiger partial charge in [0.05, 0.1) is 4.90 Å². The van der Waals surface area contributed by atoms with E-state index in [1.807, 2.05) is 12.1 Å².